The van der Waals surface area contributed by atoms with Gasteiger partial charge in [-0.3, -0.25) is 25.0 Å². The van der Waals surface area contributed by atoms with Gasteiger partial charge >= 0.3 is 0 Å². The van der Waals surface area contributed by atoms with Crippen molar-refractivity contribution in [2.24, 2.45) is 5.84 Å². The van der Waals surface area contributed by atoms with E-state index in [4.69, 9.17) is 5.84 Å². The van der Waals surface area contributed by atoms with Crippen molar-refractivity contribution < 1.29 is 19.2 Å². The predicted octanol–water partition coefficient (Wildman–Crippen LogP) is -1.28. The van der Waals surface area contributed by atoms with Gasteiger partial charge in [-0.2, -0.15) is 0 Å². The van der Waals surface area contributed by atoms with E-state index in [1.165, 1.54) is 6.92 Å². The third-order valence-corrected chi connectivity index (χ3v) is 3.36. The molecule has 0 saturated carbocycles. The van der Waals surface area contributed by atoms with E-state index in [0.29, 0.717) is 12.8 Å². The van der Waals surface area contributed by atoms with Crippen LogP contribution < -0.4 is 27.2 Å². The normalized spacial score (nSPS) is 12.8. The first-order valence-electron chi connectivity index (χ1n) is 8.15. The number of rotatable bonds is 12. The van der Waals surface area contributed by atoms with E-state index in [9.17, 15) is 19.2 Å². The number of carbonyl (C=O) groups excluding carboxylic acids is 4. The second kappa shape index (κ2) is 12.4. The van der Waals surface area contributed by atoms with Crippen LogP contribution in [0.3, 0.4) is 0 Å². The van der Waals surface area contributed by atoms with Crippen molar-refractivity contribution in [2.45, 2.75) is 58.5 Å². The Bertz CT molecular complexity index is 438. The lowest BCUT2D eigenvalue weighted by molar-refractivity contribution is -0.131. The number of hydrogen-bond donors (Lipinski definition) is 5. The average Bonchev–Trinajstić information content (AvgIpc) is 2.55. The molecule has 2 atom stereocenters. The fourth-order valence-corrected chi connectivity index (χ4v) is 1.93. The molecule has 0 rings (SSSR count). The lowest BCUT2D eigenvalue weighted by Crippen LogP contribution is -2.52. The second-order valence-corrected chi connectivity index (χ2v) is 5.53. The van der Waals surface area contributed by atoms with Crippen molar-refractivity contribution in [3.05, 3.63) is 0 Å². The van der Waals surface area contributed by atoms with Crippen LogP contribution >= 0.6 is 0 Å². The lowest BCUT2D eigenvalue weighted by Gasteiger charge is -2.19. The van der Waals surface area contributed by atoms with E-state index in [1.807, 2.05) is 6.92 Å². The highest BCUT2D eigenvalue weighted by molar-refractivity contribution is 5.92. The molecule has 0 aromatic carbocycles. The molecule has 0 spiro atoms. The molecule has 9 heteroatoms. The molecule has 0 aliphatic heterocycles. The summed E-state index contributed by atoms with van der Waals surface area (Å²) in [6.45, 7) is 4.79. The van der Waals surface area contributed by atoms with E-state index < -0.39 is 23.9 Å². The van der Waals surface area contributed by atoms with Crippen molar-refractivity contribution in [3.63, 3.8) is 0 Å². The van der Waals surface area contributed by atoms with E-state index >= 15 is 0 Å². The Morgan fingerprint density at radius 3 is 2.04 bits per heavy atom. The van der Waals surface area contributed by atoms with Gasteiger partial charge in [-0.15, -0.1) is 0 Å². The Morgan fingerprint density at radius 2 is 1.54 bits per heavy atom. The molecule has 0 aliphatic carbocycles. The van der Waals surface area contributed by atoms with Gasteiger partial charge in [0.15, 0.2) is 0 Å². The van der Waals surface area contributed by atoms with Gasteiger partial charge in [0.05, 0.1) is 19.1 Å². The summed E-state index contributed by atoms with van der Waals surface area (Å²) in [6, 6.07) is -1.31. The summed E-state index contributed by atoms with van der Waals surface area (Å²) in [5.74, 6) is 3.79. The van der Waals surface area contributed by atoms with Gasteiger partial charge in [0.2, 0.25) is 17.7 Å². The fraction of sp³-hybridized carbons (Fsp3) is 0.733. The molecule has 0 aromatic heterocycles. The number of unbranched alkanes of at least 4 members (excludes halogenated alkanes) is 1. The Morgan fingerprint density at radius 1 is 0.958 bits per heavy atom. The van der Waals surface area contributed by atoms with Crippen LogP contribution in [0.25, 0.3) is 0 Å². The van der Waals surface area contributed by atoms with Gasteiger partial charge in [-0.1, -0.05) is 26.7 Å². The van der Waals surface area contributed by atoms with Gasteiger partial charge in [0, 0.05) is 0 Å². The monoisotopic (exact) mass is 343 g/mol. The van der Waals surface area contributed by atoms with Crippen molar-refractivity contribution in [3.8, 4) is 0 Å². The van der Waals surface area contributed by atoms with Crippen LogP contribution in [-0.2, 0) is 19.2 Å². The third kappa shape index (κ3) is 9.21. The van der Waals surface area contributed by atoms with E-state index in [2.05, 4.69) is 21.4 Å². The zero-order valence-electron chi connectivity index (χ0n) is 14.6. The Hall–Kier alpha value is -2.00. The number of amides is 3. The van der Waals surface area contributed by atoms with Gasteiger partial charge in [0.1, 0.15) is 11.8 Å². The summed E-state index contributed by atoms with van der Waals surface area (Å²) in [7, 11) is 0. The molecule has 0 saturated heterocycles. The van der Waals surface area contributed by atoms with Crippen molar-refractivity contribution in [1.82, 2.24) is 21.4 Å². The smallest absolute Gasteiger partial charge is 0.242 e. The molecule has 0 aromatic rings. The molecular formula is C15H29N5O4. The minimum Gasteiger partial charge on any atom is -0.347 e. The number of nitrogens with one attached hydrogen (secondary N) is 4. The Balaban J connectivity index is 4.50. The number of nitrogens with two attached hydrogens (primary N) is 1. The molecule has 3 amide bonds. The first kappa shape index (κ1) is 22.0. The maximum Gasteiger partial charge on any atom is 0.242 e. The van der Waals surface area contributed by atoms with Gasteiger partial charge in [-0.05, 0) is 19.8 Å². The van der Waals surface area contributed by atoms with Crippen molar-refractivity contribution >= 4 is 23.5 Å². The maximum atomic E-state index is 12.0. The predicted molar refractivity (Wildman–Crippen MR) is 89.6 cm³/mol. The van der Waals surface area contributed by atoms with Crippen LogP contribution in [0.2, 0.25) is 0 Å². The van der Waals surface area contributed by atoms with Crippen LogP contribution in [0, 0.1) is 0 Å². The molecule has 0 radical (unpaired) electrons. The molecule has 6 N–H and O–H groups in total. The summed E-state index contributed by atoms with van der Waals surface area (Å²) >= 11 is 0. The van der Waals surface area contributed by atoms with E-state index in [1.54, 1.807) is 6.92 Å². The summed E-state index contributed by atoms with van der Waals surface area (Å²) in [5, 5.41) is 7.51. The summed E-state index contributed by atoms with van der Waals surface area (Å²) < 4.78 is 0. The molecule has 0 fully saturated rings. The van der Waals surface area contributed by atoms with Crippen LogP contribution in [-0.4, -0.2) is 48.7 Å². The average molecular weight is 343 g/mol. The molecule has 24 heavy (non-hydrogen) atoms. The standard InChI is InChI=1S/C15H29N5O4/c1-4-6-7-12(15(24)17-8-10(3)21)19-13(22)9-18-14(23)11(5-2)20-16/h11-12,20H,4-9,16H2,1-3H3,(H,17,24)(H,18,23)(H,19,22). The van der Waals surface area contributed by atoms with Gasteiger partial charge in [0.25, 0.3) is 0 Å². The maximum absolute atomic E-state index is 12.0. The highest BCUT2D eigenvalue weighted by atomic mass is 16.2. The lowest BCUT2D eigenvalue weighted by atomic mass is 10.1. The zero-order valence-corrected chi connectivity index (χ0v) is 14.6. The first-order chi connectivity index (χ1) is 11.3. The molecular weight excluding hydrogens is 314 g/mol. The molecule has 9 nitrogen and oxygen atoms in total. The minimum atomic E-state index is -0.733. The SMILES string of the molecule is CCCCC(NC(=O)CNC(=O)C(CC)NN)C(=O)NCC(C)=O. The third-order valence-electron chi connectivity index (χ3n) is 3.36. The second-order valence-electron chi connectivity index (χ2n) is 5.53. The van der Waals surface area contributed by atoms with Crippen LogP contribution in [0.5, 0.6) is 0 Å². The highest BCUT2D eigenvalue weighted by Crippen LogP contribution is 2.01. The molecule has 0 bridgehead atoms. The molecule has 2 unspecified atom stereocenters. The Labute approximate surface area is 142 Å². The van der Waals surface area contributed by atoms with Crippen molar-refractivity contribution in [2.75, 3.05) is 13.1 Å². The minimum absolute atomic E-state index is 0.0750. The fourth-order valence-electron chi connectivity index (χ4n) is 1.93. The summed E-state index contributed by atoms with van der Waals surface area (Å²) in [5.41, 5.74) is 2.35. The zero-order chi connectivity index (χ0) is 18.5. The summed E-state index contributed by atoms with van der Waals surface area (Å²) in [4.78, 5) is 46.6. The van der Waals surface area contributed by atoms with Crippen molar-refractivity contribution in [1.29, 1.82) is 0 Å². The molecule has 138 valence electrons. The number of Topliss-reactive ketones (excluding diaryl/α,β-unsaturated/α-hetero) is 1. The van der Waals surface area contributed by atoms with Gasteiger partial charge in [-0.25, -0.2) is 5.43 Å². The van der Waals surface area contributed by atoms with Crippen LogP contribution in [0.15, 0.2) is 0 Å². The van der Waals surface area contributed by atoms with Gasteiger partial charge < -0.3 is 16.0 Å². The number of ketones is 1. The highest BCUT2D eigenvalue weighted by Gasteiger charge is 2.21. The van der Waals surface area contributed by atoms with E-state index in [-0.39, 0.29) is 24.8 Å². The topological polar surface area (TPSA) is 142 Å². The number of hydrogen-bond acceptors (Lipinski definition) is 6. The van der Waals surface area contributed by atoms with Crippen LogP contribution in [0.1, 0.15) is 46.5 Å². The van der Waals surface area contributed by atoms with Crippen LogP contribution in [0.4, 0.5) is 0 Å². The largest absolute Gasteiger partial charge is 0.347 e. The molecule has 0 heterocycles. The van der Waals surface area contributed by atoms with E-state index in [0.717, 1.165) is 12.8 Å². The number of carbonyl (C=O) groups is 4. The summed E-state index contributed by atoms with van der Waals surface area (Å²) in [6.07, 6.45) is 2.56. The first-order valence-corrected chi connectivity index (χ1v) is 8.15. The molecule has 0 aliphatic rings. The number of hydrazine groups is 1. The quantitative estimate of drug-likeness (QED) is 0.221. The Kier molecular flexibility index (Phi) is 11.4.